The summed E-state index contributed by atoms with van der Waals surface area (Å²) in [6.45, 7) is 2.91. The Kier molecular flexibility index (Phi) is 6.16. The lowest BCUT2D eigenvalue weighted by molar-refractivity contribution is 0.0998. The van der Waals surface area contributed by atoms with Gasteiger partial charge in [-0.15, -0.1) is 0 Å². The SMILES string of the molecule is Cc1cn(CCCc2ccccc2)c2cc(C(=O)N=c3c(Cl)cn(O)cc3Cl)ccc12. The molecule has 31 heavy (non-hydrogen) atoms. The van der Waals surface area contributed by atoms with E-state index in [9.17, 15) is 10.0 Å². The summed E-state index contributed by atoms with van der Waals surface area (Å²) in [6.07, 6.45) is 6.55. The molecule has 0 aliphatic rings. The molecule has 4 aromatic rings. The molecule has 0 bridgehead atoms. The van der Waals surface area contributed by atoms with E-state index in [1.807, 2.05) is 18.2 Å². The van der Waals surface area contributed by atoms with E-state index in [1.165, 1.54) is 18.0 Å². The lowest BCUT2D eigenvalue weighted by atomic mass is 10.1. The van der Waals surface area contributed by atoms with Gasteiger partial charge in [0.2, 0.25) is 0 Å². The van der Waals surface area contributed by atoms with Crippen LogP contribution in [0.4, 0.5) is 0 Å². The summed E-state index contributed by atoms with van der Waals surface area (Å²) in [7, 11) is 0. The van der Waals surface area contributed by atoms with Crippen LogP contribution in [0, 0.1) is 6.92 Å². The van der Waals surface area contributed by atoms with Crippen molar-refractivity contribution < 1.29 is 10.0 Å². The quantitative estimate of drug-likeness (QED) is 0.395. The van der Waals surface area contributed by atoms with Gasteiger partial charge in [0, 0.05) is 29.2 Å². The molecule has 1 amide bonds. The number of pyridine rings is 1. The topological polar surface area (TPSA) is 59.5 Å². The minimum atomic E-state index is -0.448. The second-order valence-corrected chi connectivity index (χ2v) is 8.24. The molecule has 0 aliphatic carbocycles. The maximum atomic E-state index is 12.8. The maximum Gasteiger partial charge on any atom is 0.277 e. The molecule has 0 unspecified atom stereocenters. The first-order valence-electron chi connectivity index (χ1n) is 9.91. The van der Waals surface area contributed by atoms with Gasteiger partial charge in [-0.25, -0.2) is 4.99 Å². The Hall–Kier alpha value is -3.02. The second kappa shape index (κ2) is 9.00. The molecule has 1 N–H and O–H groups in total. The van der Waals surface area contributed by atoms with Crippen LogP contribution in [0.2, 0.25) is 10.0 Å². The summed E-state index contributed by atoms with van der Waals surface area (Å²) in [5.74, 6) is -0.448. The van der Waals surface area contributed by atoms with E-state index in [0.717, 1.165) is 40.6 Å². The Morgan fingerprint density at radius 2 is 1.74 bits per heavy atom. The van der Waals surface area contributed by atoms with E-state index < -0.39 is 5.91 Å². The van der Waals surface area contributed by atoms with Crippen molar-refractivity contribution in [3.8, 4) is 0 Å². The van der Waals surface area contributed by atoms with Gasteiger partial charge in [-0.1, -0.05) is 59.6 Å². The van der Waals surface area contributed by atoms with Crippen molar-refractivity contribution in [1.82, 2.24) is 9.30 Å². The molecule has 0 fully saturated rings. The van der Waals surface area contributed by atoms with Crippen molar-refractivity contribution in [3.05, 3.63) is 99.2 Å². The van der Waals surface area contributed by atoms with Crippen LogP contribution in [0.5, 0.6) is 0 Å². The van der Waals surface area contributed by atoms with Gasteiger partial charge in [-0.2, -0.15) is 4.73 Å². The first-order valence-corrected chi connectivity index (χ1v) is 10.7. The highest BCUT2D eigenvalue weighted by molar-refractivity contribution is 6.34. The van der Waals surface area contributed by atoms with Crippen molar-refractivity contribution in [2.45, 2.75) is 26.3 Å². The van der Waals surface area contributed by atoms with Crippen LogP contribution in [-0.2, 0) is 13.0 Å². The summed E-state index contributed by atoms with van der Waals surface area (Å²) in [5, 5.41) is 10.9. The smallest absolute Gasteiger partial charge is 0.277 e. The molecule has 0 spiro atoms. The number of hydrogen-bond donors (Lipinski definition) is 1. The monoisotopic (exact) mass is 453 g/mol. The van der Waals surface area contributed by atoms with E-state index in [1.54, 1.807) is 6.07 Å². The third-order valence-electron chi connectivity index (χ3n) is 5.19. The third-order valence-corrected chi connectivity index (χ3v) is 5.75. The molecule has 2 heterocycles. The van der Waals surface area contributed by atoms with Gasteiger partial charge in [0.25, 0.3) is 5.91 Å². The molecule has 158 valence electrons. The molecular formula is C24H21Cl2N3O2. The van der Waals surface area contributed by atoms with Crippen molar-refractivity contribution in [2.24, 2.45) is 4.99 Å². The van der Waals surface area contributed by atoms with E-state index in [-0.39, 0.29) is 15.4 Å². The first-order chi connectivity index (χ1) is 14.9. The maximum absolute atomic E-state index is 12.8. The molecular weight excluding hydrogens is 433 g/mol. The van der Waals surface area contributed by atoms with Gasteiger partial charge in [0.1, 0.15) is 5.36 Å². The zero-order valence-corrected chi connectivity index (χ0v) is 18.4. The molecule has 0 radical (unpaired) electrons. The summed E-state index contributed by atoms with van der Waals surface area (Å²) >= 11 is 12.2. The van der Waals surface area contributed by atoms with Crippen molar-refractivity contribution in [2.75, 3.05) is 0 Å². The number of aromatic nitrogens is 2. The lowest BCUT2D eigenvalue weighted by Crippen LogP contribution is -2.12. The minimum Gasteiger partial charge on any atom is -0.429 e. The van der Waals surface area contributed by atoms with Gasteiger partial charge in [0.05, 0.1) is 22.4 Å². The van der Waals surface area contributed by atoms with E-state index >= 15 is 0 Å². The minimum absolute atomic E-state index is 0.0876. The highest BCUT2D eigenvalue weighted by atomic mass is 35.5. The van der Waals surface area contributed by atoms with Gasteiger partial charge in [-0.3, -0.25) is 4.79 Å². The van der Waals surface area contributed by atoms with E-state index in [4.69, 9.17) is 23.2 Å². The van der Waals surface area contributed by atoms with Crippen LogP contribution in [0.3, 0.4) is 0 Å². The Morgan fingerprint density at radius 1 is 1.03 bits per heavy atom. The number of amides is 1. The molecule has 0 atom stereocenters. The second-order valence-electron chi connectivity index (χ2n) is 7.43. The summed E-state index contributed by atoms with van der Waals surface area (Å²) in [5.41, 5.74) is 3.91. The number of aryl methyl sites for hydroxylation is 3. The normalized spacial score (nSPS) is 11.1. The van der Waals surface area contributed by atoms with E-state index in [0.29, 0.717) is 5.56 Å². The fourth-order valence-electron chi connectivity index (χ4n) is 3.67. The van der Waals surface area contributed by atoms with Crippen molar-refractivity contribution in [1.29, 1.82) is 0 Å². The number of nitrogens with zero attached hydrogens (tertiary/aromatic N) is 3. The fraction of sp³-hybridized carbons (Fsp3) is 0.167. The molecule has 0 saturated heterocycles. The number of carbonyl (C=O) groups excluding carboxylic acids is 1. The zero-order valence-electron chi connectivity index (χ0n) is 16.9. The average Bonchev–Trinajstić information content (AvgIpc) is 3.06. The van der Waals surface area contributed by atoms with Gasteiger partial charge < -0.3 is 9.77 Å². The predicted octanol–water partition coefficient (Wildman–Crippen LogP) is 5.67. The van der Waals surface area contributed by atoms with Crippen LogP contribution in [-0.4, -0.2) is 20.4 Å². The molecule has 2 aromatic heterocycles. The Bertz CT molecular complexity index is 1300. The molecule has 4 rings (SSSR count). The summed E-state index contributed by atoms with van der Waals surface area (Å²) in [6, 6.07) is 15.9. The van der Waals surface area contributed by atoms with Crippen LogP contribution in [0.25, 0.3) is 10.9 Å². The fourth-order valence-corrected chi connectivity index (χ4v) is 4.21. The highest BCUT2D eigenvalue weighted by Gasteiger charge is 2.12. The Balaban J connectivity index is 1.62. The number of fused-ring (bicyclic) bond motifs is 1. The lowest BCUT2D eigenvalue weighted by Gasteiger charge is -2.07. The summed E-state index contributed by atoms with van der Waals surface area (Å²) < 4.78 is 2.91. The van der Waals surface area contributed by atoms with Gasteiger partial charge >= 0.3 is 0 Å². The number of benzene rings is 2. The number of hydrogen-bond acceptors (Lipinski definition) is 2. The molecule has 5 nitrogen and oxygen atoms in total. The highest BCUT2D eigenvalue weighted by Crippen LogP contribution is 2.23. The molecule has 0 saturated carbocycles. The van der Waals surface area contributed by atoms with Crippen molar-refractivity contribution in [3.63, 3.8) is 0 Å². The molecule has 7 heteroatoms. The Morgan fingerprint density at radius 3 is 2.45 bits per heavy atom. The van der Waals surface area contributed by atoms with Gasteiger partial charge in [0.15, 0.2) is 0 Å². The standard InChI is InChI=1S/C24H21Cl2N3O2/c1-16-13-28(11-5-8-17-6-3-2-4-7-17)22-12-18(9-10-19(16)22)24(30)27-23-20(25)14-29(31)15-21(23)26/h2-4,6-7,9-10,12-15,31H,5,8,11H2,1H3. The first kappa shape index (κ1) is 21.2. The number of halogens is 2. The van der Waals surface area contributed by atoms with Crippen molar-refractivity contribution >= 4 is 40.0 Å². The van der Waals surface area contributed by atoms with Crippen LogP contribution in [0.1, 0.15) is 27.9 Å². The van der Waals surface area contributed by atoms with Gasteiger partial charge in [-0.05, 0) is 43.0 Å². The number of rotatable bonds is 5. The Labute approximate surface area is 189 Å². The molecule has 2 aromatic carbocycles. The number of carbonyl (C=O) groups is 1. The van der Waals surface area contributed by atoms with Crippen LogP contribution >= 0.6 is 23.2 Å². The average molecular weight is 454 g/mol. The zero-order chi connectivity index (χ0) is 22.0. The molecule has 0 aliphatic heterocycles. The van der Waals surface area contributed by atoms with E-state index in [2.05, 4.69) is 46.9 Å². The third kappa shape index (κ3) is 4.68. The van der Waals surface area contributed by atoms with Crippen LogP contribution < -0.4 is 5.36 Å². The van der Waals surface area contributed by atoms with Crippen LogP contribution in [0.15, 0.2) is 72.1 Å². The largest absolute Gasteiger partial charge is 0.429 e. The summed E-state index contributed by atoms with van der Waals surface area (Å²) in [4.78, 5) is 16.9. The predicted molar refractivity (Wildman–Crippen MR) is 123 cm³/mol.